The Morgan fingerprint density at radius 3 is 2.39 bits per heavy atom. The fourth-order valence-corrected chi connectivity index (χ4v) is 2.38. The van der Waals surface area contributed by atoms with Crippen LogP contribution in [0.5, 0.6) is 5.75 Å². The Balaban J connectivity index is 2.24. The molecule has 2 aromatic carbocycles. The van der Waals surface area contributed by atoms with E-state index >= 15 is 0 Å². The SMILES string of the molecule is CC1=CC(O)(c2ccccc2)c2ccccc2O1. The summed E-state index contributed by atoms with van der Waals surface area (Å²) in [6.07, 6.45) is 1.75. The Bertz CT molecular complexity index is 602. The molecule has 2 heteroatoms. The Labute approximate surface area is 106 Å². The van der Waals surface area contributed by atoms with Gasteiger partial charge >= 0.3 is 0 Å². The summed E-state index contributed by atoms with van der Waals surface area (Å²) in [4.78, 5) is 0. The zero-order chi connectivity index (χ0) is 12.6. The second-order valence-corrected chi connectivity index (χ2v) is 4.49. The molecule has 1 N–H and O–H groups in total. The van der Waals surface area contributed by atoms with Gasteiger partial charge < -0.3 is 9.84 Å². The summed E-state index contributed by atoms with van der Waals surface area (Å²) < 4.78 is 5.65. The Morgan fingerprint density at radius 2 is 1.61 bits per heavy atom. The van der Waals surface area contributed by atoms with Crippen molar-refractivity contribution in [2.45, 2.75) is 12.5 Å². The lowest BCUT2D eigenvalue weighted by Crippen LogP contribution is -2.29. The number of rotatable bonds is 1. The molecule has 0 aromatic heterocycles. The lowest BCUT2D eigenvalue weighted by molar-refractivity contribution is 0.119. The van der Waals surface area contributed by atoms with Crippen molar-refractivity contribution in [3.05, 3.63) is 77.6 Å². The molecule has 0 fully saturated rings. The zero-order valence-corrected chi connectivity index (χ0v) is 10.1. The van der Waals surface area contributed by atoms with Crippen molar-refractivity contribution in [3.8, 4) is 5.75 Å². The molecule has 0 spiro atoms. The van der Waals surface area contributed by atoms with Gasteiger partial charge in [0.05, 0.1) is 0 Å². The predicted octanol–water partition coefficient (Wildman–Crippen LogP) is 3.22. The number of hydrogen-bond acceptors (Lipinski definition) is 2. The number of hydrogen-bond donors (Lipinski definition) is 1. The van der Waals surface area contributed by atoms with Gasteiger partial charge in [-0.2, -0.15) is 0 Å². The van der Waals surface area contributed by atoms with Crippen LogP contribution in [0.15, 0.2) is 66.4 Å². The van der Waals surface area contributed by atoms with Crippen molar-refractivity contribution in [3.63, 3.8) is 0 Å². The second-order valence-electron chi connectivity index (χ2n) is 4.49. The summed E-state index contributed by atoms with van der Waals surface area (Å²) in [5, 5.41) is 11.0. The minimum Gasteiger partial charge on any atom is -0.462 e. The van der Waals surface area contributed by atoms with Crippen LogP contribution in [0.3, 0.4) is 0 Å². The van der Waals surface area contributed by atoms with Crippen LogP contribution in [0.25, 0.3) is 0 Å². The third kappa shape index (κ3) is 1.62. The molecular formula is C16H14O2. The lowest BCUT2D eigenvalue weighted by atomic mass is 9.84. The van der Waals surface area contributed by atoms with Gasteiger partial charge in [-0.15, -0.1) is 0 Å². The molecule has 0 saturated heterocycles. The van der Waals surface area contributed by atoms with Gasteiger partial charge in [-0.1, -0.05) is 48.5 Å². The Kier molecular flexibility index (Phi) is 2.46. The number of allylic oxidation sites excluding steroid dienone is 1. The molecule has 2 aromatic rings. The van der Waals surface area contributed by atoms with Gasteiger partial charge in [-0.25, -0.2) is 0 Å². The number of para-hydroxylation sites is 1. The molecule has 3 rings (SSSR count). The first-order valence-corrected chi connectivity index (χ1v) is 5.95. The van der Waals surface area contributed by atoms with Crippen LogP contribution in [0.2, 0.25) is 0 Å². The first-order valence-electron chi connectivity index (χ1n) is 5.95. The molecule has 0 radical (unpaired) electrons. The van der Waals surface area contributed by atoms with Crippen LogP contribution in [-0.4, -0.2) is 5.11 Å². The largest absolute Gasteiger partial charge is 0.462 e. The van der Waals surface area contributed by atoms with Crippen LogP contribution in [-0.2, 0) is 5.60 Å². The van der Waals surface area contributed by atoms with Crippen LogP contribution >= 0.6 is 0 Å². The zero-order valence-electron chi connectivity index (χ0n) is 10.1. The maximum atomic E-state index is 11.0. The van der Waals surface area contributed by atoms with Crippen molar-refractivity contribution in [2.24, 2.45) is 0 Å². The van der Waals surface area contributed by atoms with Gasteiger partial charge in [0.1, 0.15) is 17.1 Å². The van der Waals surface area contributed by atoms with Crippen LogP contribution in [0, 0.1) is 0 Å². The molecule has 0 bridgehead atoms. The minimum atomic E-state index is -1.11. The van der Waals surface area contributed by atoms with Gasteiger partial charge in [-0.3, -0.25) is 0 Å². The molecule has 0 saturated carbocycles. The fourth-order valence-electron chi connectivity index (χ4n) is 2.38. The van der Waals surface area contributed by atoms with E-state index in [0.29, 0.717) is 11.5 Å². The standard InChI is InChI=1S/C16H14O2/c1-12-11-16(17,13-7-3-2-4-8-13)14-9-5-6-10-15(14)18-12/h2-11,17H,1H3. The number of fused-ring (bicyclic) bond motifs is 1. The molecule has 90 valence electrons. The van der Waals surface area contributed by atoms with Gasteiger partial charge in [0.25, 0.3) is 0 Å². The topological polar surface area (TPSA) is 29.5 Å². The monoisotopic (exact) mass is 238 g/mol. The molecule has 1 unspecified atom stereocenters. The highest BCUT2D eigenvalue weighted by Crippen LogP contribution is 2.41. The molecule has 1 heterocycles. The molecular weight excluding hydrogens is 224 g/mol. The van der Waals surface area contributed by atoms with E-state index in [9.17, 15) is 5.11 Å². The number of benzene rings is 2. The van der Waals surface area contributed by atoms with Crippen molar-refractivity contribution >= 4 is 0 Å². The number of aliphatic hydroxyl groups is 1. The quantitative estimate of drug-likeness (QED) is 0.826. The third-order valence-corrected chi connectivity index (χ3v) is 3.19. The van der Waals surface area contributed by atoms with E-state index in [1.165, 1.54) is 0 Å². The Hall–Kier alpha value is -2.06. The van der Waals surface area contributed by atoms with Crippen molar-refractivity contribution in [2.75, 3.05) is 0 Å². The van der Waals surface area contributed by atoms with E-state index in [2.05, 4.69) is 0 Å². The van der Waals surface area contributed by atoms with Gasteiger partial charge in [0.2, 0.25) is 0 Å². The smallest absolute Gasteiger partial charge is 0.140 e. The average molecular weight is 238 g/mol. The second kappa shape index (κ2) is 4.00. The van der Waals surface area contributed by atoms with E-state index in [1.807, 2.05) is 61.5 Å². The summed E-state index contributed by atoms with van der Waals surface area (Å²) in [7, 11) is 0. The number of ether oxygens (including phenoxy) is 1. The van der Waals surface area contributed by atoms with Crippen molar-refractivity contribution < 1.29 is 9.84 Å². The highest BCUT2D eigenvalue weighted by atomic mass is 16.5. The molecule has 0 amide bonds. The first-order chi connectivity index (χ1) is 8.70. The predicted molar refractivity (Wildman–Crippen MR) is 70.3 cm³/mol. The Morgan fingerprint density at radius 1 is 0.944 bits per heavy atom. The highest BCUT2D eigenvalue weighted by molar-refractivity contribution is 5.51. The summed E-state index contributed by atoms with van der Waals surface area (Å²) in [6, 6.07) is 17.2. The van der Waals surface area contributed by atoms with Crippen LogP contribution in [0.1, 0.15) is 18.1 Å². The van der Waals surface area contributed by atoms with E-state index in [-0.39, 0.29) is 0 Å². The van der Waals surface area contributed by atoms with Crippen molar-refractivity contribution in [1.82, 2.24) is 0 Å². The van der Waals surface area contributed by atoms with E-state index in [4.69, 9.17) is 4.74 Å². The van der Waals surface area contributed by atoms with Gasteiger partial charge in [0, 0.05) is 5.56 Å². The van der Waals surface area contributed by atoms with Crippen LogP contribution in [0.4, 0.5) is 0 Å². The molecule has 18 heavy (non-hydrogen) atoms. The fraction of sp³-hybridized carbons (Fsp3) is 0.125. The average Bonchev–Trinajstić information content (AvgIpc) is 2.39. The third-order valence-electron chi connectivity index (χ3n) is 3.19. The van der Waals surface area contributed by atoms with E-state index in [1.54, 1.807) is 6.08 Å². The maximum absolute atomic E-state index is 11.0. The van der Waals surface area contributed by atoms with Crippen molar-refractivity contribution in [1.29, 1.82) is 0 Å². The van der Waals surface area contributed by atoms with E-state index in [0.717, 1.165) is 11.1 Å². The first kappa shape index (κ1) is 11.1. The molecule has 1 aliphatic heterocycles. The molecule has 1 aliphatic rings. The normalized spacial score (nSPS) is 21.8. The van der Waals surface area contributed by atoms with Gasteiger partial charge in [0.15, 0.2) is 0 Å². The summed E-state index contributed by atoms with van der Waals surface area (Å²) >= 11 is 0. The summed E-state index contributed by atoms with van der Waals surface area (Å²) in [5.74, 6) is 1.42. The van der Waals surface area contributed by atoms with E-state index < -0.39 is 5.60 Å². The lowest BCUT2D eigenvalue weighted by Gasteiger charge is -2.32. The molecule has 2 nitrogen and oxygen atoms in total. The maximum Gasteiger partial charge on any atom is 0.140 e. The summed E-state index contributed by atoms with van der Waals surface area (Å²) in [6.45, 7) is 1.85. The molecule has 1 atom stereocenters. The highest BCUT2D eigenvalue weighted by Gasteiger charge is 2.35. The minimum absolute atomic E-state index is 0.708. The van der Waals surface area contributed by atoms with Gasteiger partial charge in [-0.05, 0) is 24.6 Å². The summed E-state index contributed by atoms with van der Waals surface area (Å²) in [5.41, 5.74) is 0.516. The molecule has 0 aliphatic carbocycles. The van der Waals surface area contributed by atoms with Crippen LogP contribution < -0.4 is 4.74 Å².